The highest BCUT2D eigenvalue weighted by atomic mass is 35.5. The number of hydrogen-bond acceptors (Lipinski definition) is 3. The Morgan fingerprint density at radius 3 is 2.31 bits per heavy atom. The van der Waals surface area contributed by atoms with Crippen LogP contribution in [0.5, 0.6) is 0 Å². The Labute approximate surface area is 195 Å². The second-order valence-electron chi connectivity index (χ2n) is 8.89. The third kappa shape index (κ3) is 4.63. The number of carbonyl (C=O) groups excluding carboxylic acids is 2. The molecule has 1 saturated heterocycles. The molecular formula is C26H32ClN3O2. The normalized spacial score (nSPS) is 17.9. The van der Waals surface area contributed by atoms with Crippen molar-refractivity contribution < 1.29 is 9.59 Å². The largest absolute Gasteiger partial charge is 0.367 e. The minimum absolute atomic E-state index is 0.0491. The molecule has 1 N–H and O–H groups in total. The molecule has 1 aliphatic carbocycles. The Kier molecular flexibility index (Phi) is 7.04. The van der Waals surface area contributed by atoms with Crippen LogP contribution in [0, 0.1) is 0 Å². The Balaban J connectivity index is 1.44. The van der Waals surface area contributed by atoms with Crippen LogP contribution in [0.1, 0.15) is 51.0 Å². The van der Waals surface area contributed by atoms with Gasteiger partial charge in [-0.25, -0.2) is 0 Å². The summed E-state index contributed by atoms with van der Waals surface area (Å²) in [5.41, 5.74) is 2.30. The number of halogens is 1. The molecule has 4 rings (SSSR count). The number of nitrogens with one attached hydrogen (secondary N) is 1. The van der Waals surface area contributed by atoms with Crippen molar-refractivity contribution in [2.24, 2.45) is 0 Å². The van der Waals surface area contributed by atoms with Crippen molar-refractivity contribution in [3.8, 4) is 0 Å². The van der Waals surface area contributed by atoms with Gasteiger partial charge in [0.25, 0.3) is 0 Å². The van der Waals surface area contributed by atoms with E-state index >= 15 is 0 Å². The van der Waals surface area contributed by atoms with E-state index in [0.29, 0.717) is 24.5 Å². The van der Waals surface area contributed by atoms with Crippen LogP contribution in [-0.4, -0.2) is 42.9 Å². The van der Waals surface area contributed by atoms with Gasteiger partial charge in [0.2, 0.25) is 11.8 Å². The summed E-state index contributed by atoms with van der Waals surface area (Å²) >= 11 is 6.63. The zero-order valence-corrected chi connectivity index (χ0v) is 19.5. The van der Waals surface area contributed by atoms with Gasteiger partial charge < -0.3 is 15.1 Å². The minimum Gasteiger partial charge on any atom is -0.367 e. The number of piperazine rings is 1. The van der Waals surface area contributed by atoms with Crippen molar-refractivity contribution in [2.75, 3.05) is 36.4 Å². The number of nitrogens with zero attached hydrogens (tertiary/aromatic N) is 2. The van der Waals surface area contributed by atoms with Crippen molar-refractivity contribution in [1.82, 2.24) is 4.90 Å². The first-order valence-corrected chi connectivity index (χ1v) is 12.1. The van der Waals surface area contributed by atoms with Gasteiger partial charge in [0, 0.05) is 38.3 Å². The zero-order valence-electron chi connectivity index (χ0n) is 18.8. The van der Waals surface area contributed by atoms with E-state index in [0.717, 1.165) is 62.1 Å². The summed E-state index contributed by atoms with van der Waals surface area (Å²) in [6.45, 7) is 4.99. The highest BCUT2D eigenvalue weighted by Gasteiger charge is 2.42. The molecule has 2 amide bonds. The van der Waals surface area contributed by atoms with Crippen molar-refractivity contribution in [3.05, 3.63) is 59.1 Å². The van der Waals surface area contributed by atoms with Gasteiger partial charge in [-0.3, -0.25) is 9.59 Å². The van der Waals surface area contributed by atoms with Crippen LogP contribution < -0.4 is 10.2 Å². The molecule has 5 nitrogen and oxygen atoms in total. The van der Waals surface area contributed by atoms with Crippen molar-refractivity contribution in [1.29, 1.82) is 0 Å². The van der Waals surface area contributed by atoms with E-state index in [-0.39, 0.29) is 11.8 Å². The Morgan fingerprint density at radius 2 is 1.69 bits per heavy atom. The molecule has 170 valence electrons. The van der Waals surface area contributed by atoms with E-state index in [1.165, 1.54) is 0 Å². The van der Waals surface area contributed by atoms with E-state index in [1.54, 1.807) is 0 Å². The van der Waals surface area contributed by atoms with Crippen LogP contribution in [0.4, 0.5) is 11.4 Å². The monoisotopic (exact) mass is 453 g/mol. The fourth-order valence-corrected chi connectivity index (χ4v) is 5.34. The minimum atomic E-state index is -0.465. The maximum atomic E-state index is 13.4. The van der Waals surface area contributed by atoms with Crippen molar-refractivity contribution in [2.45, 2.75) is 50.9 Å². The fourth-order valence-electron chi connectivity index (χ4n) is 5.04. The van der Waals surface area contributed by atoms with Gasteiger partial charge in [0.05, 0.1) is 16.1 Å². The summed E-state index contributed by atoms with van der Waals surface area (Å²) in [5, 5.41) is 3.76. The third-order valence-electron chi connectivity index (χ3n) is 6.86. The average molecular weight is 454 g/mol. The molecule has 0 spiro atoms. The molecule has 0 atom stereocenters. The summed E-state index contributed by atoms with van der Waals surface area (Å²) in [5.74, 6) is 0.281. The number of carbonyl (C=O) groups is 2. The molecule has 0 bridgehead atoms. The first-order valence-electron chi connectivity index (χ1n) is 11.7. The zero-order chi connectivity index (χ0) is 22.6. The van der Waals surface area contributed by atoms with Gasteiger partial charge in [-0.2, -0.15) is 0 Å². The molecule has 6 heteroatoms. The average Bonchev–Trinajstić information content (AvgIpc) is 3.32. The quantitative estimate of drug-likeness (QED) is 0.650. The topological polar surface area (TPSA) is 52.7 Å². The summed E-state index contributed by atoms with van der Waals surface area (Å²) in [4.78, 5) is 29.7. The van der Waals surface area contributed by atoms with Crippen LogP contribution in [-0.2, 0) is 15.0 Å². The maximum Gasteiger partial charge on any atom is 0.235 e. The first-order chi connectivity index (χ1) is 15.5. The van der Waals surface area contributed by atoms with Crippen LogP contribution >= 0.6 is 11.6 Å². The predicted molar refractivity (Wildman–Crippen MR) is 130 cm³/mol. The lowest BCUT2D eigenvalue weighted by Gasteiger charge is -2.36. The number of rotatable bonds is 6. The molecule has 1 heterocycles. The van der Waals surface area contributed by atoms with Gasteiger partial charge in [-0.05, 0) is 43.0 Å². The number of hydrogen-bond donors (Lipinski definition) is 1. The van der Waals surface area contributed by atoms with Crippen LogP contribution in [0.25, 0.3) is 0 Å². The standard InChI is InChI=1S/C26H32ClN3O2/c1-2-8-24(31)30-17-15-29(16-18-30)23-12-11-21(19-22(23)27)28-25(32)26(13-6-7-14-26)20-9-4-3-5-10-20/h3-5,9-12,19H,2,6-8,13-18H2,1H3,(H,28,32). The first kappa shape index (κ1) is 22.7. The van der Waals surface area contributed by atoms with Crippen LogP contribution in [0.15, 0.2) is 48.5 Å². The molecule has 2 aromatic carbocycles. The lowest BCUT2D eigenvalue weighted by Crippen LogP contribution is -2.48. The Hall–Kier alpha value is -2.53. The molecule has 0 aromatic heterocycles. The van der Waals surface area contributed by atoms with Crippen molar-refractivity contribution >= 4 is 34.8 Å². The Bertz CT molecular complexity index is 949. The number of amides is 2. The van der Waals surface area contributed by atoms with Gasteiger partial charge in [0.15, 0.2) is 0 Å². The molecule has 1 aliphatic heterocycles. The smallest absolute Gasteiger partial charge is 0.235 e. The Morgan fingerprint density at radius 1 is 1.00 bits per heavy atom. The van der Waals surface area contributed by atoms with Gasteiger partial charge in [-0.15, -0.1) is 0 Å². The summed E-state index contributed by atoms with van der Waals surface area (Å²) in [6.07, 6.45) is 5.36. The van der Waals surface area contributed by atoms with E-state index in [9.17, 15) is 9.59 Å². The molecule has 2 aliphatic rings. The van der Waals surface area contributed by atoms with Gasteiger partial charge in [-0.1, -0.05) is 61.7 Å². The third-order valence-corrected chi connectivity index (χ3v) is 7.16. The van der Waals surface area contributed by atoms with E-state index in [2.05, 4.69) is 22.3 Å². The van der Waals surface area contributed by atoms with Gasteiger partial charge in [0.1, 0.15) is 0 Å². The molecular weight excluding hydrogens is 422 g/mol. The molecule has 2 fully saturated rings. The summed E-state index contributed by atoms with van der Waals surface area (Å²) in [6, 6.07) is 15.9. The van der Waals surface area contributed by atoms with Gasteiger partial charge >= 0.3 is 0 Å². The van der Waals surface area contributed by atoms with E-state index in [4.69, 9.17) is 11.6 Å². The molecule has 1 saturated carbocycles. The van der Waals surface area contributed by atoms with Crippen LogP contribution in [0.2, 0.25) is 5.02 Å². The maximum absolute atomic E-state index is 13.4. The molecule has 0 radical (unpaired) electrons. The highest BCUT2D eigenvalue weighted by molar-refractivity contribution is 6.33. The van der Waals surface area contributed by atoms with E-state index in [1.807, 2.05) is 48.2 Å². The lowest BCUT2D eigenvalue weighted by atomic mass is 9.78. The predicted octanol–water partition coefficient (Wildman–Crippen LogP) is 5.24. The second kappa shape index (κ2) is 9.95. The molecule has 2 aromatic rings. The fraction of sp³-hybridized carbons (Fsp3) is 0.462. The lowest BCUT2D eigenvalue weighted by molar-refractivity contribution is -0.131. The summed E-state index contributed by atoms with van der Waals surface area (Å²) < 4.78 is 0. The van der Waals surface area contributed by atoms with E-state index < -0.39 is 5.41 Å². The number of benzene rings is 2. The van der Waals surface area contributed by atoms with Crippen LogP contribution in [0.3, 0.4) is 0 Å². The summed E-state index contributed by atoms with van der Waals surface area (Å²) in [7, 11) is 0. The molecule has 0 unspecified atom stereocenters. The highest BCUT2D eigenvalue weighted by Crippen LogP contribution is 2.42. The number of anilines is 2. The SMILES string of the molecule is CCCC(=O)N1CCN(c2ccc(NC(=O)C3(c4ccccc4)CCCC3)cc2Cl)CC1. The second-order valence-corrected chi connectivity index (χ2v) is 9.30. The molecule has 32 heavy (non-hydrogen) atoms. The van der Waals surface area contributed by atoms with Crippen molar-refractivity contribution in [3.63, 3.8) is 0 Å².